The third-order valence-corrected chi connectivity index (χ3v) is 4.24. The Balaban J connectivity index is 2.35. The van der Waals surface area contributed by atoms with Gasteiger partial charge in [0.25, 0.3) is 10.0 Å². The molecule has 2 aromatic rings. The largest absolute Gasteiger partial charge is 0.392 e. The average molecular weight is 316 g/mol. The average Bonchev–Trinajstić information content (AvgIpc) is 2.42. The highest BCUT2D eigenvalue weighted by Gasteiger charge is 2.16. The van der Waals surface area contributed by atoms with E-state index in [1.165, 1.54) is 24.3 Å². The number of aliphatic hydroxyl groups is 1. The predicted octanol–water partition coefficient (Wildman–Crippen LogP) is 2.77. The van der Waals surface area contributed by atoms with Gasteiger partial charge >= 0.3 is 0 Å². The Morgan fingerprint density at radius 1 is 1.20 bits per heavy atom. The molecule has 0 spiro atoms. The van der Waals surface area contributed by atoms with E-state index < -0.39 is 15.8 Å². The summed E-state index contributed by atoms with van der Waals surface area (Å²) in [6.45, 7) is -0.263. The molecule has 0 saturated carbocycles. The predicted molar refractivity (Wildman–Crippen MR) is 74.6 cm³/mol. The van der Waals surface area contributed by atoms with Gasteiger partial charge < -0.3 is 5.11 Å². The summed E-state index contributed by atoms with van der Waals surface area (Å²) in [5, 5.41) is 8.98. The van der Waals surface area contributed by atoms with E-state index in [1.54, 1.807) is 6.07 Å². The number of aliphatic hydroxyl groups excluding tert-OH is 1. The maximum absolute atomic E-state index is 12.9. The van der Waals surface area contributed by atoms with Crippen molar-refractivity contribution in [3.8, 4) is 0 Å². The van der Waals surface area contributed by atoms with Crippen LogP contribution < -0.4 is 4.72 Å². The molecule has 0 fully saturated rings. The smallest absolute Gasteiger partial charge is 0.261 e. The maximum atomic E-state index is 12.9. The second kappa shape index (κ2) is 5.78. The standard InChI is InChI=1S/C13H11ClFNO3S/c14-12-7-10(15)4-5-13(12)16-20(18,19)11-3-1-2-9(6-11)8-17/h1-7,16-17H,8H2. The van der Waals surface area contributed by atoms with Crippen molar-refractivity contribution in [3.63, 3.8) is 0 Å². The molecule has 0 radical (unpaired) electrons. The van der Waals surface area contributed by atoms with E-state index in [-0.39, 0.29) is 22.2 Å². The lowest BCUT2D eigenvalue weighted by Gasteiger charge is -2.10. The van der Waals surface area contributed by atoms with Gasteiger partial charge in [0.05, 0.1) is 22.2 Å². The molecule has 0 amide bonds. The molecule has 0 bridgehead atoms. The summed E-state index contributed by atoms with van der Waals surface area (Å²) < 4.78 is 39.5. The zero-order chi connectivity index (χ0) is 14.8. The Bertz CT molecular complexity index is 734. The maximum Gasteiger partial charge on any atom is 0.261 e. The van der Waals surface area contributed by atoms with Crippen molar-refractivity contribution in [3.05, 3.63) is 58.9 Å². The summed E-state index contributed by atoms with van der Waals surface area (Å²) in [4.78, 5) is -0.00978. The van der Waals surface area contributed by atoms with Crippen LogP contribution in [-0.2, 0) is 16.6 Å². The van der Waals surface area contributed by atoms with Gasteiger partial charge in [0.15, 0.2) is 0 Å². The molecule has 0 heterocycles. The van der Waals surface area contributed by atoms with Crippen molar-refractivity contribution in [1.29, 1.82) is 0 Å². The van der Waals surface area contributed by atoms with Crippen LogP contribution >= 0.6 is 11.6 Å². The molecule has 0 atom stereocenters. The quantitative estimate of drug-likeness (QED) is 0.911. The number of nitrogens with one attached hydrogen (secondary N) is 1. The topological polar surface area (TPSA) is 66.4 Å². The van der Waals surface area contributed by atoms with Gasteiger partial charge in [0, 0.05) is 0 Å². The lowest BCUT2D eigenvalue weighted by atomic mass is 10.2. The van der Waals surface area contributed by atoms with Gasteiger partial charge in [-0.05, 0) is 35.9 Å². The minimum Gasteiger partial charge on any atom is -0.392 e. The molecule has 0 saturated heterocycles. The highest BCUT2D eigenvalue weighted by atomic mass is 35.5. The highest BCUT2D eigenvalue weighted by molar-refractivity contribution is 7.92. The number of sulfonamides is 1. The Kier molecular flexibility index (Phi) is 4.27. The van der Waals surface area contributed by atoms with Gasteiger partial charge in [0.1, 0.15) is 5.82 Å². The molecular formula is C13H11ClFNO3S. The first kappa shape index (κ1) is 14.8. The van der Waals surface area contributed by atoms with E-state index >= 15 is 0 Å². The van der Waals surface area contributed by atoms with Gasteiger partial charge in [-0.3, -0.25) is 4.72 Å². The normalized spacial score (nSPS) is 11.3. The van der Waals surface area contributed by atoms with Crippen LogP contribution in [0.15, 0.2) is 47.4 Å². The summed E-state index contributed by atoms with van der Waals surface area (Å²) in [5.41, 5.74) is 0.556. The van der Waals surface area contributed by atoms with E-state index in [0.717, 1.165) is 12.1 Å². The zero-order valence-corrected chi connectivity index (χ0v) is 11.7. The zero-order valence-electron chi connectivity index (χ0n) is 10.2. The summed E-state index contributed by atoms with van der Waals surface area (Å²) in [7, 11) is -3.85. The van der Waals surface area contributed by atoms with E-state index in [1.807, 2.05) is 0 Å². The molecule has 4 nitrogen and oxygen atoms in total. The lowest BCUT2D eigenvalue weighted by molar-refractivity contribution is 0.281. The van der Waals surface area contributed by atoms with Crippen molar-refractivity contribution in [2.45, 2.75) is 11.5 Å². The molecule has 0 unspecified atom stereocenters. The number of rotatable bonds is 4. The Labute approximate surface area is 120 Å². The van der Waals surface area contributed by atoms with Gasteiger partial charge in [-0.2, -0.15) is 0 Å². The van der Waals surface area contributed by atoms with Crippen LogP contribution in [0.3, 0.4) is 0 Å². The summed E-state index contributed by atoms with van der Waals surface area (Å²) in [6, 6.07) is 9.22. The van der Waals surface area contributed by atoms with Crippen molar-refractivity contribution < 1.29 is 17.9 Å². The number of halogens is 2. The first-order chi connectivity index (χ1) is 9.42. The monoisotopic (exact) mass is 315 g/mol. The van der Waals surface area contributed by atoms with Crippen molar-refractivity contribution >= 4 is 27.3 Å². The Hall–Kier alpha value is -1.63. The van der Waals surface area contributed by atoms with Crippen LogP contribution in [0.4, 0.5) is 10.1 Å². The molecule has 20 heavy (non-hydrogen) atoms. The fourth-order valence-electron chi connectivity index (χ4n) is 1.59. The molecule has 106 valence electrons. The van der Waals surface area contributed by atoms with Gasteiger partial charge in [-0.1, -0.05) is 23.7 Å². The first-order valence-electron chi connectivity index (χ1n) is 5.60. The van der Waals surface area contributed by atoms with Crippen molar-refractivity contribution in [2.24, 2.45) is 0 Å². The third-order valence-electron chi connectivity index (χ3n) is 2.57. The van der Waals surface area contributed by atoms with Crippen LogP contribution in [0, 0.1) is 5.82 Å². The van der Waals surface area contributed by atoms with Crippen molar-refractivity contribution in [2.75, 3.05) is 4.72 Å². The fraction of sp³-hybridized carbons (Fsp3) is 0.0769. The second-order valence-electron chi connectivity index (χ2n) is 4.04. The van der Waals surface area contributed by atoms with Gasteiger partial charge in [0.2, 0.25) is 0 Å². The first-order valence-corrected chi connectivity index (χ1v) is 7.46. The SMILES string of the molecule is O=S(=O)(Nc1ccc(F)cc1Cl)c1cccc(CO)c1. The minimum absolute atomic E-state index is 0.00978. The van der Waals surface area contributed by atoms with E-state index in [0.29, 0.717) is 5.56 Å². The lowest BCUT2D eigenvalue weighted by Crippen LogP contribution is -2.13. The fourth-order valence-corrected chi connectivity index (χ4v) is 3.01. The molecule has 7 heteroatoms. The van der Waals surface area contributed by atoms with Crippen molar-refractivity contribution in [1.82, 2.24) is 0 Å². The molecular weight excluding hydrogens is 305 g/mol. The highest BCUT2D eigenvalue weighted by Crippen LogP contribution is 2.25. The summed E-state index contributed by atoms with van der Waals surface area (Å²) >= 11 is 5.77. The van der Waals surface area contributed by atoms with Crippen LogP contribution in [0.25, 0.3) is 0 Å². The summed E-state index contributed by atoms with van der Waals surface area (Å²) in [5.74, 6) is -0.555. The van der Waals surface area contributed by atoms with Crippen LogP contribution in [-0.4, -0.2) is 13.5 Å². The Morgan fingerprint density at radius 2 is 1.95 bits per heavy atom. The van der Waals surface area contributed by atoms with Crippen LogP contribution in [0.1, 0.15) is 5.56 Å². The van der Waals surface area contributed by atoms with Gasteiger partial charge in [-0.15, -0.1) is 0 Å². The molecule has 0 aliphatic heterocycles. The van der Waals surface area contributed by atoms with Crippen LogP contribution in [0.5, 0.6) is 0 Å². The minimum atomic E-state index is -3.85. The number of hydrogen-bond acceptors (Lipinski definition) is 3. The summed E-state index contributed by atoms with van der Waals surface area (Å²) in [6.07, 6.45) is 0. The molecule has 2 aromatic carbocycles. The number of anilines is 1. The number of hydrogen-bond donors (Lipinski definition) is 2. The molecule has 2 N–H and O–H groups in total. The van der Waals surface area contributed by atoms with E-state index in [2.05, 4.69) is 4.72 Å². The molecule has 0 aromatic heterocycles. The molecule has 0 aliphatic carbocycles. The van der Waals surface area contributed by atoms with E-state index in [4.69, 9.17) is 16.7 Å². The second-order valence-corrected chi connectivity index (χ2v) is 6.12. The van der Waals surface area contributed by atoms with E-state index in [9.17, 15) is 12.8 Å². The van der Waals surface area contributed by atoms with Crippen LogP contribution in [0.2, 0.25) is 5.02 Å². The molecule has 0 aliphatic rings. The Morgan fingerprint density at radius 3 is 2.60 bits per heavy atom. The third kappa shape index (κ3) is 3.27. The van der Waals surface area contributed by atoms with Gasteiger partial charge in [-0.25, -0.2) is 12.8 Å². The molecule has 2 rings (SSSR count). The number of benzene rings is 2.